The second-order valence-corrected chi connectivity index (χ2v) is 7.04. The van der Waals surface area contributed by atoms with E-state index in [9.17, 15) is 9.59 Å². The molecular formula is C19H18IN3O2. The second-order valence-electron chi connectivity index (χ2n) is 5.88. The first-order valence-electron chi connectivity index (χ1n) is 8.05. The maximum atomic E-state index is 12.4. The van der Waals surface area contributed by atoms with Gasteiger partial charge in [0.2, 0.25) is 5.91 Å². The number of carbonyl (C=O) groups is 1. The Labute approximate surface area is 159 Å². The number of para-hydroxylation sites is 1. The van der Waals surface area contributed by atoms with Gasteiger partial charge in [-0.25, -0.2) is 4.98 Å². The van der Waals surface area contributed by atoms with Crippen molar-refractivity contribution in [2.24, 2.45) is 0 Å². The average Bonchev–Trinajstić information content (AvgIpc) is 2.60. The summed E-state index contributed by atoms with van der Waals surface area (Å²) in [6, 6.07) is 13.1. The van der Waals surface area contributed by atoms with E-state index in [1.165, 1.54) is 5.56 Å². The SMILES string of the molecule is Cc1ccc(NC(=O)CCCn2cnc3ccccc3c2=O)cc1I. The van der Waals surface area contributed by atoms with Crippen molar-refractivity contribution in [2.45, 2.75) is 26.3 Å². The van der Waals surface area contributed by atoms with Crippen LogP contribution in [0, 0.1) is 10.5 Å². The quantitative estimate of drug-likeness (QED) is 0.607. The second kappa shape index (κ2) is 7.77. The highest BCUT2D eigenvalue weighted by Gasteiger charge is 2.06. The third-order valence-corrected chi connectivity index (χ3v) is 5.15. The zero-order chi connectivity index (χ0) is 17.8. The molecule has 3 rings (SSSR count). The summed E-state index contributed by atoms with van der Waals surface area (Å²) >= 11 is 2.25. The summed E-state index contributed by atoms with van der Waals surface area (Å²) in [5.74, 6) is -0.0542. The summed E-state index contributed by atoms with van der Waals surface area (Å²) in [7, 11) is 0. The lowest BCUT2D eigenvalue weighted by Crippen LogP contribution is -2.21. The van der Waals surface area contributed by atoms with Crippen molar-refractivity contribution in [1.82, 2.24) is 9.55 Å². The van der Waals surface area contributed by atoms with Crippen LogP contribution >= 0.6 is 22.6 Å². The highest BCUT2D eigenvalue weighted by atomic mass is 127. The Morgan fingerprint density at radius 3 is 2.84 bits per heavy atom. The Balaban J connectivity index is 1.59. The summed E-state index contributed by atoms with van der Waals surface area (Å²) in [5.41, 5.74) is 2.60. The van der Waals surface area contributed by atoms with Crippen molar-refractivity contribution in [3.63, 3.8) is 0 Å². The number of anilines is 1. The third-order valence-electron chi connectivity index (χ3n) is 3.99. The van der Waals surface area contributed by atoms with E-state index in [2.05, 4.69) is 32.9 Å². The first-order chi connectivity index (χ1) is 12.0. The largest absolute Gasteiger partial charge is 0.326 e. The molecule has 0 radical (unpaired) electrons. The molecule has 0 saturated carbocycles. The molecule has 1 amide bonds. The molecule has 6 heteroatoms. The van der Waals surface area contributed by atoms with E-state index >= 15 is 0 Å². The van der Waals surface area contributed by atoms with Gasteiger partial charge in [0.15, 0.2) is 0 Å². The number of halogens is 1. The molecule has 1 N–H and O–H groups in total. The van der Waals surface area contributed by atoms with Gasteiger partial charge in [-0.2, -0.15) is 0 Å². The average molecular weight is 447 g/mol. The zero-order valence-electron chi connectivity index (χ0n) is 13.8. The molecule has 0 aliphatic rings. The molecule has 0 spiro atoms. The predicted molar refractivity (Wildman–Crippen MR) is 108 cm³/mol. The minimum atomic E-state index is -0.0703. The van der Waals surface area contributed by atoms with Gasteiger partial charge in [0.25, 0.3) is 5.56 Å². The van der Waals surface area contributed by atoms with Crippen LogP contribution in [0.1, 0.15) is 18.4 Å². The molecule has 0 fully saturated rings. The lowest BCUT2D eigenvalue weighted by atomic mass is 10.2. The van der Waals surface area contributed by atoms with Gasteiger partial charge < -0.3 is 5.32 Å². The van der Waals surface area contributed by atoms with Crippen LogP contribution in [0.25, 0.3) is 10.9 Å². The van der Waals surface area contributed by atoms with Crippen LogP contribution in [0.15, 0.2) is 53.6 Å². The fraction of sp³-hybridized carbons (Fsp3) is 0.211. The Morgan fingerprint density at radius 2 is 2.04 bits per heavy atom. The van der Waals surface area contributed by atoms with Crippen molar-refractivity contribution < 1.29 is 4.79 Å². The Hall–Kier alpha value is -2.22. The maximum absolute atomic E-state index is 12.4. The van der Waals surface area contributed by atoms with E-state index in [1.807, 2.05) is 43.3 Å². The van der Waals surface area contributed by atoms with Crippen LogP contribution in [0.5, 0.6) is 0 Å². The van der Waals surface area contributed by atoms with Crippen LogP contribution in [0.3, 0.4) is 0 Å². The third kappa shape index (κ3) is 4.25. The summed E-state index contributed by atoms with van der Waals surface area (Å²) < 4.78 is 2.67. The molecule has 128 valence electrons. The summed E-state index contributed by atoms with van der Waals surface area (Å²) in [6.45, 7) is 2.50. The van der Waals surface area contributed by atoms with Crippen molar-refractivity contribution >= 4 is 45.1 Å². The molecule has 2 aromatic carbocycles. The number of rotatable bonds is 5. The smallest absolute Gasteiger partial charge is 0.261 e. The number of carbonyl (C=O) groups excluding carboxylic acids is 1. The van der Waals surface area contributed by atoms with Crippen molar-refractivity contribution in [2.75, 3.05) is 5.32 Å². The first kappa shape index (κ1) is 17.6. The molecule has 5 nitrogen and oxygen atoms in total. The minimum absolute atomic E-state index is 0.0542. The first-order valence-corrected chi connectivity index (χ1v) is 9.12. The fourth-order valence-electron chi connectivity index (χ4n) is 2.57. The van der Waals surface area contributed by atoms with E-state index in [0.29, 0.717) is 30.3 Å². The van der Waals surface area contributed by atoms with Gasteiger partial charge in [0.05, 0.1) is 17.2 Å². The van der Waals surface area contributed by atoms with Crippen molar-refractivity contribution in [3.8, 4) is 0 Å². The molecule has 25 heavy (non-hydrogen) atoms. The van der Waals surface area contributed by atoms with Crippen LogP contribution in [0.4, 0.5) is 5.69 Å². The number of nitrogens with zero attached hydrogens (tertiary/aromatic N) is 2. The van der Waals surface area contributed by atoms with E-state index < -0.39 is 0 Å². The highest BCUT2D eigenvalue weighted by molar-refractivity contribution is 14.1. The Kier molecular flexibility index (Phi) is 5.47. The van der Waals surface area contributed by atoms with Gasteiger partial charge in [0.1, 0.15) is 0 Å². The van der Waals surface area contributed by atoms with Crippen LogP contribution in [0.2, 0.25) is 0 Å². The lowest BCUT2D eigenvalue weighted by Gasteiger charge is -2.08. The number of benzene rings is 2. The van der Waals surface area contributed by atoms with E-state index in [-0.39, 0.29) is 11.5 Å². The molecule has 1 aromatic heterocycles. The maximum Gasteiger partial charge on any atom is 0.261 e. The van der Waals surface area contributed by atoms with Gasteiger partial charge >= 0.3 is 0 Å². The molecule has 0 saturated heterocycles. The number of amides is 1. The van der Waals surface area contributed by atoms with E-state index in [4.69, 9.17) is 0 Å². The molecule has 0 aliphatic carbocycles. The molecule has 0 unspecified atom stereocenters. The van der Waals surface area contributed by atoms with Crippen LogP contribution < -0.4 is 10.9 Å². The molecule has 1 heterocycles. The van der Waals surface area contributed by atoms with E-state index in [0.717, 1.165) is 9.26 Å². The zero-order valence-corrected chi connectivity index (χ0v) is 16.0. The van der Waals surface area contributed by atoms with Gasteiger partial charge in [-0.15, -0.1) is 0 Å². The lowest BCUT2D eigenvalue weighted by molar-refractivity contribution is -0.116. The standard InChI is InChI=1S/C19H18IN3O2/c1-13-8-9-14(11-16(13)20)22-18(24)7-4-10-23-12-21-17-6-3-2-5-15(17)19(23)25/h2-3,5-6,8-9,11-12H,4,7,10H2,1H3,(H,22,24). The fourth-order valence-corrected chi connectivity index (χ4v) is 3.08. The summed E-state index contributed by atoms with van der Waals surface area (Å²) in [4.78, 5) is 28.8. The van der Waals surface area contributed by atoms with Crippen LogP contribution in [-0.4, -0.2) is 15.5 Å². The topological polar surface area (TPSA) is 64.0 Å². The molecule has 0 atom stereocenters. The van der Waals surface area contributed by atoms with Crippen molar-refractivity contribution in [1.29, 1.82) is 0 Å². The van der Waals surface area contributed by atoms with E-state index in [1.54, 1.807) is 17.0 Å². The summed E-state index contributed by atoms with van der Waals surface area (Å²) in [5, 5.41) is 3.49. The number of nitrogens with one attached hydrogen (secondary N) is 1. The number of hydrogen-bond donors (Lipinski definition) is 1. The normalized spacial score (nSPS) is 10.8. The van der Waals surface area contributed by atoms with Gasteiger partial charge in [0, 0.05) is 22.2 Å². The van der Waals surface area contributed by atoms with Gasteiger partial charge in [-0.1, -0.05) is 18.2 Å². The van der Waals surface area contributed by atoms with Gasteiger partial charge in [-0.05, 0) is 65.8 Å². The molecule has 3 aromatic rings. The predicted octanol–water partition coefficient (Wildman–Crippen LogP) is 3.73. The number of hydrogen-bond acceptors (Lipinski definition) is 3. The molecule has 0 aliphatic heterocycles. The number of aromatic nitrogens is 2. The molecule has 0 bridgehead atoms. The Morgan fingerprint density at radius 1 is 1.24 bits per heavy atom. The summed E-state index contributed by atoms with van der Waals surface area (Å²) in [6.07, 6.45) is 2.48. The molecular weight excluding hydrogens is 429 g/mol. The van der Waals surface area contributed by atoms with Crippen LogP contribution in [-0.2, 0) is 11.3 Å². The van der Waals surface area contributed by atoms with Gasteiger partial charge in [-0.3, -0.25) is 14.2 Å². The number of fused-ring (bicyclic) bond motifs is 1. The monoisotopic (exact) mass is 447 g/mol. The highest BCUT2D eigenvalue weighted by Crippen LogP contribution is 2.17. The Bertz CT molecular complexity index is 982. The minimum Gasteiger partial charge on any atom is -0.326 e. The van der Waals surface area contributed by atoms with Crippen molar-refractivity contribution in [3.05, 3.63) is 68.3 Å². The number of aryl methyl sites for hydroxylation is 2.